The van der Waals surface area contributed by atoms with Crippen molar-refractivity contribution < 1.29 is 4.74 Å². The van der Waals surface area contributed by atoms with Gasteiger partial charge in [-0.1, -0.05) is 26.0 Å². The maximum absolute atomic E-state index is 5.65. The van der Waals surface area contributed by atoms with Gasteiger partial charge < -0.3 is 10.5 Å². The van der Waals surface area contributed by atoms with Gasteiger partial charge in [0.1, 0.15) is 5.76 Å². The van der Waals surface area contributed by atoms with Gasteiger partial charge in [-0.15, -0.1) is 0 Å². The van der Waals surface area contributed by atoms with Gasteiger partial charge in [-0.05, 0) is 18.9 Å². The minimum atomic E-state index is 0.703. The van der Waals surface area contributed by atoms with Crippen LogP contribution in [-0.4, -0.2) is 7.11 Å². The third-order valence-electron chi connectivity index (χ3n) is 1.75. The molecule has 0 saturated carbocycles. The maximum atomic E-state index is 5.65. The van der Waals surface area contributed by atoms with Crippen molar-refractivity contribution in [1.82, 2.24) is 0 Å². The lowest BCUT2D eigenvalue weighted by Crippen LogP contribution is -1.98. The number of rotatable bonds is 5. The van der Waals surface area contributed by atoms with Crippen LogP contribution in [0.15, 0.2) is 35.8 Å². The molecule has 0 aromatic rings. The van der Waals surface area contributed by atoms with E-state index in [1.165, 1.54) is 0 Å². The summed E-state index contributed by atoms with van der Waals surface area (Å²) in [6.07, 6.45) is 5.64. The number of ether oxygens (including phenoxy) is 1. The topological polar surface area (TPSA) is 35.2 Å². The van der Waals surface area contributed by atoms with Gasteiger partial charge in [0.25, 0.3) is 0 Å². The van der Waals surface area contributed by atoms with Gasteiger partial charge in [0, 0.05) is 11.8 Å². The minimum Gasteiger partial charge on any atom is -0.496 e. The number of methoxy groups -OCH3 is 1. The maximum Gasteiger partial charge on any atom is 0.123 e. The van der Waals surface area contributed by atoms with E-state index in [1.807, 2.05) is 13.0 Å². The van der Waals surface area contributed by atoms with Crippen LogP contribution in [0.3, 0.4) is 0 Å². The van der Waals surface area contributed by atoms with Crippen molar-refractivity contribution in [3.8, 4) is 0 Å². The summed E-state index contributed by atoms with van der Waals surface area (Å²) in [5.41, 5.74) is 7.35. The molecule has 0 saturated heterocycles. The molecule has 0 atom stereocenters. The van der Waals surface area contributed by atoms with Gasteiger partial charge in [0.05, 0.1) is 7.11 Å². The molecule has 0 aromatic heterocycles. The van der Waals surface area contributed by atoms with E-state index >= 15 is 0 Å². The van der Waals surface area contributed by atoms with Crippen LogP contribution in [0.2, 0.25) is 0 Å². The number of hydrogen-bond acceptors (Lipinski definition) is 2. The van der Waals surface area contributed by atoms with Crippen molar-refractivity contribution in [2.75, 3.05) is 7.11 Å². The Morgan fingerprint density at radius 1 is 1.54 bits per heavy atom. The SMILES string of the molecule is C=C(CCC)/C(=C\C(N)=C/C)OC. The molecule has 0 heterocycles. The Bertz CT molecular complexity index is 226. The Kier molecular flexibility index (Phi) is 5.77. The number of hydrogen-bond donors (Lipinski definition) is 1. The van der Waals surface area contributed by atoms with Crippen LogP contribution in [0.25, 0.3) is 0 Å². The van der Waals surface area contributed by atoms with E-state index in [1.54, 1.807) is 13.2 Å². The number of allylic oxidation sites excluding steroid dienone is 3. The Morgan fingerprint density at radius 2 is 2.15 bits per heavy atom. The van der Waals surface area contributed by atoms with Gasteiger partial charge in [-0.2, -0.15) is 0 Å². The van der Waals surface area contributed by atoms with E-state index in [0.717, 1.165) is 24.2 Å². The highest BCUT2D eigenvalue weighted by atomic mass is 16.5. The fourth-order valence-corrected chi connectivity index (χ4v) is 0.965. The summed E-state index contributed by atoms with van der Waals surface area (Å²) in [4.78, 5) is 0. The summed E-state index contributed by atoms with van der Waals surface area (Å²) in [5, 5.41) is 0. The van der Waals surface area contributed by atoms with Gasteiger partial charge in [-0.3, -0.25) is 0 Å². The molecule has 2 heteroatoms. The molecule has 74 valence electrons. The Morgan fingerprint density at radius 3 is 2.54 bits per heavy atom. The fraction of sp³-hybridized carbons (Fsp3) is 0.455. The molecule has 0 radical (unpaired) electrons. The molecule has 0 bridgehead atoms. The van der Waals surface area contributed by atoms with Gasteiger partial charge >= 0.3 is 0 Å². The lowest BCUT2D eigenvalue weighted by Gasteiger charge is -2.08. The van der Waals surface area contributed by atoms with E-state index in [-0.39, 0.29) is 0 Å². The van der Waals surface area contributed by atoms with E-state index in [0.29, 0.717) is 5.70 Å². The standard InChI is InChI=1S/C11H19NO/c1-5-7-9(3)11(13-4)8-10(12)6-2/h6,8H,3,5,7,12H2,1-2,4H3/b10-6+,11-8+. The molecule has 2 N–H and O–H groups in total. The molecule has 0 aliphatic carbocycles. The first kappa shape index (κ1) is 11.8. The predicted molar refractivity (Wildman–Crippen MR) is 57.1 cm³/mol. The van der Waals surface area contributed by atoms with E-state index in [4.69, 9.17) is 10.5 Å². The van der Waals surface area contributed by atoms with Crippen LogP contribution < -0.4 is 5.73 Å². The summed E-state index contributed by atoms with van der Waals surface area (Å²) in [5.74, 6) is 0.775. The van der Waals surface area contributed by atoms with Crippen LogP contribution in [-0.2, 0) is 4.74 Å². The zero-order chi connectivity index (χ0) is 10.3. The normalized spacial score (nSPS) is 12.8. The third kappa shape index (κ3) is 4.41. The second-order valence-corrected chi connectivity index (χ2v) is 2.85. The summed E-state index contributed by atoms with van der Waals surface area (Å²) < 4.78 is 5.18. The Balaban J connectivity index is 4.50. The summed E-state index contributed by atoms with van der Waals surface area (Å²) in [7, 11) is 1.63. The summed E-state index contributed by atoms with van der Waals surface area (Å²) in [6, 6.07) is 0. The molecule has 0 fully saturated rings. The van der Waals surface area contributed by atoms with Crippen LogP contribution in [0.5, 0.6) is 0 Å². The van der Waals surface area contributed by atoms with Crippen LogP contribution >= 0.6 is 0 Å². The lowest BCUT2D eigenvalue weighted by atomic mass is 10.1. The quantitative estimate of drug-likeness (QED) is 0.523. The van der Waals surface area contributed by atoms with Crippen LogP contribution in [0, 0.1) is 0 Å². The molecule has 0 aromatic carbocycles. The Hall–Kier alpha value is -1.18. The molecule has 0 rings (SSSR count). The molecule has 2 nitrogen and oxygen atoms in total. The first-order chi connectivity index (χ1) is 6.15. The summed E-state index contributed by atoms with van der Waals surface area (Å²) in [6.45, 7) is 7.93. The third-order valence-corrected chi connectivity index (χ3v) is 1.75. The minimum absolute atomic E-state index is 0.703. The zero-order valence-electron chi connectivity index (χ0n) is 8.76. The van der Waals surface area contributed by atoms with Gasteiger partial charge in [0.2, 0.25) is 0 Å². The predicted octanol–water partition coefficient (Wildman–Crippen LogP) is 2.74. The highest BCUT2D eigenvalue weighted by Crippen LogP contribution is 2.15. The lowest BCUT2D eigenvalue weighted by molar-refractivity contribution is 0.298. The average Bonchev–Trinajstić information content (AvgIpc) is 2.14. The van der Waals surface area contributed by atoms with Crippen molar-refractivity contribution in [2.45, 2.75) is 26.7 Å². The fourth-order valence-electron chi connectivity index (χ4n) is 0.965. The van der Waals surface area contributed by atoms with Crippen molar-refractivity contribution in [1.29, 1.82) is 0 Å². The zero-order valence-corrected chi connectivity index (χ0v) is 8.76. The van der Waals surface area contributed by atoms with Gasteiger partial charge in [0.15, 0.2) is 0 Å². The molecular formula is C11H19NO. The van der Waals surface area contributed by atoms with Gasteiger partial charge in [-0.25, -0.2) is 0 Å². The van der Waals surface area contributed by atoms with E-state index < -0.39 is 0 Å². The van der Waals surface area contributed by atoms with E-state index in [9.17, 15) is 0 Å². The molecule has 13 heavy (non-hydrogen) atoms. The van der Waals surface area contributed by atoms with Crippen molar-refractivity contribution in [3.63, 3.8) is 0 Å². The highest BCUT2D eigenvalue weighted by molar-refractivity contribution is 5.29. The first-order valence-corrected chi connectivity index (χ1v) is 4.51. The largest absolute Gasteiger partial charge is 0.496 e. The molecule has 0 spiro atoms. The van der Waals surface area contributed by atoms with Crippen LogP contribution in [0.4, 0.5) is 0 Å². The molecular weight excluding hydrogens is 162 g/mol. The smallest absolute Gasteiger partial charge is 0.123 e. The van der Waals surface area contributed by atoms with Crippen molar-refractivity contribution in [2.24, 2.45) is 5.73 Å². The number of nitrogens with two attached hydrogens (primary N) is 1. The Labute approximate surface area is 80.8 Å². The van der Waals surface area contributed by atoms with Crippen LogP contribution in [0.1, 0.15) is 26.7 Å². The summed E-state index contributed by atoms with van der Waals surface area (Å²) >= 11 is 0. The first-order valence-electron chi connectivity index (χ1n) is 4.51. The highest BCUT2D eigenvalue weighted by Gasteiger charge is 2.01. The molecule has 0 aliphatic rings. The second-order valence-electron chi connectivity index (χ2n) is 2.85. The molecule has 0 unspecified atom stereocenters. The second kappa shape index (κ2) is 6.35. The van der Waals surface area contributed by atoms with E-state index in [2.05, 4.69) is 13.5 Å². The monoisotopic (exact) mass is 181 g/mol. The van der Waals surface area contributed by atoms with Crippen molar-refractivity contribution in [3.05, 3.63) is 35.8 Å². The molecule has 0 aliphatic heterocycles. The molecule has 0 amide bonds. The van der Waals surface area contributed by atoms with Crippen molar-refractivity contribution >= 4 is 0 Å². The average molecular weight is 181 g/mol.